The summed E-state index contributed by atoms with van der Waals surface area (Å²) in [5.41, 5.74) is 11.4. The second-order valence-electron chi connectivity index (χ2n) is 14.8. The molecule has 260 valence electrons. The van der Waals surface area contributed by atoms with Crippen LogP contribution in [0, 0.1) is 0 Å². The van der Waals surface area contributed by atoms with Gasteiger partial charge in [0.05, 0.1) is 27.8 Å². The Kier molecular flexibility index (Phi) is 6.63. The van der Waals surface area contributed by atoms with Crippen molar-refractivity contribution in [1.29, 1.82) is 0 Å². The van der Waals surface area contributed by atoms with Gasteiger partial charge in [-0.05, 0) is 105 Å². The third-order valence-electron chi connectivity index (χ3n) is 11.7. The second-order valence-corrected chi connectivity index (χ2v) is 14.8. The first-order valence-electron chi connectivity index (χ1n) is 19.2. The highest BCUT2D eigenvalue weighted by Crippen LogP contribution is 2.40. The minimum Gasteiger partial charge on any atom is -0.309 e. The van der Waals surface area contributed by atoms with Crippen molar-refractivity contribution >= 4 is 75.9 Å². The summed E-state index contributed by atoms with van der Waals surface area (Å²) in [4.78, 5) is 5.05. The van der Waals surface area contributed by atoms with E-state index >= 15 is 0 Å². The van der Waals surface area contributed by atoms with Gasteiger partial charge in [-0.15, -0.1) is 0 Å². The molecule has 0 radical (unpaired) electrons. The highest BCUT2D eigenvalue weighted by Gasteiger charge is 2.17. The van der Waals surface area contributed by atoms with Crippen molar-refractivity contribution < 1.29 is 0 Å². The Labute approximate surface area is 322 Å². The molecule has 0 N–H and O–H groups in total. The average molecular weight is 712 g/mol. The predicted octanol–water partition coefficient (Wildman–Crippen LogP) is 14.1. The van der Waals surface area contributed by atoms with Crippen LogP contribution >= 0.6 is 0 Å². The van der Waals surface area contributed by atoms with Crippen LogP contribution in [0.5, 0.6) is 0 Å². The van der Waals surface area contributed by atoms with Crippen molar-refractivity contribution in [1.82, 2.24) is 14.1 Å². The van der Waals surface area contributed by atoms with Gasteiger partial charge in [0.1, 0.15) is 0 Å². The molecule has 0 aliphatic carbocycles. The monoisotopic (exact) mass is 711 g/mol. The lowest BCUT2D eigenvalue weighted by atomic mass is 9.94. The molecule has 0 aliphatic heterocycles. The van der Waals surface area contributed by atoms with E-state index in [4.69, 9.17) is 4.98 Å². The van der Waals surface area contributed by atoms with Gasteiger partial charge in [0.2, 0.25) is 0 Å². The standard InChI is InChI=1S/C53H33N3/c1-2-12-37(13-3-1)55-50-20-10-8-18-44(50)47-30-34(23-28-52(47)55)36-22-27-49(54-33-36)35-24-29-53-48(31-35)45-19-9-11-21-51(45)56(53)38-25-26-43-41-16-5-4-14-39(41)40-15-6-7-17-42(40)46(43)32-38/h1-33H. The smallest absolute Gasteiger partial charge is 0.0702 e. The lowest BCUT2D eigenvalue weighted by Crippen LogP contribution is -1.94. The molecule has 12 rings (SSSR count). The van der Waals surface area contributed by atoms with Gasteiger partial charge in [0.25, 0.3) is 0 Å². The molecule has 0 unspecified atom stereocenters. The number of benzene rings is 9. The fourth-order valence-electron chi connectivity index (χ4n) is 9.19. The first kappa shape index (κ1) is 30.9. The largest absolute Gasteiger partial charge is 0.309 e. The van der Waals surface area contributed by atoms with Gasteiger partial charge in [-0.25, -0.2) is 0 Å². The zero-order chi connectivity index (χ0) is 36.7. The van der Waals surface area contributed by atoms with Gasteiger partial charge in [-0.3, -0.25) is 4.98 Å². The molecule has 3 heterocycles. The van der Waals surface area contributed by atoms with Crippen LogP contribution in [0.3, 0.4) is 0 Å². The molecule has 3 heteroatoms. The van der Waals surface area contributed by atoms with Crippen molar-refractivity contribution in [3.8, 4) is 33.8 Å². The molecule has 12 aromatic rings. The van der Waals surface area contributed by atoms with Crippen molar-refractivity contribution in [2.45, 2.75) is 0 Å². The highest BCUT2D eigenvalue weighted by atomic mass is 15.0. The van der Waals surface area contributed by atoms with Crippen LogP contribution in [0.1, 0.15) is 0 Å². The van der Waals surface area contributed by atoms with Crippen LogP contribution in [0.2, 0.25) is 0 Å². The van der Waals surface area contributed by atoms with E-state index in [2.05, 4.69) is 203 Å². The molecule has 0 atom stereocenters. The van der Waals surface area contributed by atoms with E-state index in [1.54, 1.807) is 0 Å². The molecule has 0 bridgehead atoms. The van der Waals surface area contributed by atoms with Gasteiger partial charge < -0.3 is 9.13 Å². The van der Waals surface area contributed by atoms with Crippen molar-refractivity contribution in [2.75, 3.05) is 0 Å². The molecular weight excluding hydrogens is 679 g/mol. The van der Waals surface area contributed by atoms with E-state index in [1.165, 1.54) is 75.9 Å². The van der Waals surface area contributed by atoms with Gasteiger partial charge in [0, 0.05) is 50.2 Å². The fourth-order valence-corrected chi connectivity index (χ4v) is 9.19. The third kappa shape index (κ3) is 4.55. The molecule has 9 aromatic carbocycles. The number of hydrogen-bond acceptors (Lipinski definition) is 1. The number of aromatic nitrogens is 3. The van der Waals surface area contributed by atoms with Crippen molar-refractivity contribution in [3.05, 3.63) is 200 Å². The highest BCUT2D eigenvalue weighted by molar-refractivity contribution is 6.25. The van der Waals surface area contributed by atoms with E-state index in [0.717, 1.165) is 33.8 Å². The third-order valence-corrected chi connectivity index (χ3v) is 11.7. The van der Waals surface area contributed by atoms with E-state index < -0.39 is 0 Å². The minimum atomic E-state index is 0.957. The van der Waals surface area contributed by atoms with Gasteiger partial charge in [-0.1, -0.05) is 127 Å². The van der Waals surface area contributed by atoms with Crippen LogP contribution in [0.4, 0.5) is 0 Å². The van der Waals surface area contributed by atoms with Crippen LogP contribution in [0.25, 0.3) is 110 Å². The summed E-state index contributed by atoms with van der Waals surface area (Å²) in [5.74, 6) is 0. The molecule has 0 aliphatic rings. The Balaban J connectivity index is 0.956. The lowest BCUT2D eigenvalue weighted by Gasteiger charge is -2.14. The van der Waals surface area contributed by atoms with E-state index in [9.17, 15) is 0 Å². The first-order valence-corrected chi connectivity index (χ1v) is 19.2. The van der Waals surface area contributed by atoms with Gasteiger partial charge in [-0.2, -0.15) is 0 Å². The lowest BCUT2D eigenvalue weighted by molar-refractivity contribution is 1.18. The molecule has 3 aromatic heterocycles. The summed E-state index contributed by atoms with van der Waals surface area (Å²) in [6.45, 7) is 0. The summed E-state index contributed by atoms with van der Waals surface area (Å²) < 4.78 is 4.77. The first-order chi connectivity index (χ1) is 27.8. The number of hydrogen-bond donors (Lipinski definition) is 0. The zero-order valence-electron chi connectivity index (χ0n) is 30.4. The molecule has 0 amide bonds. The summed E-state index contributed by atoms with van der Waals surface area (Å²) in [6.07, 6.45) is 2.02. The van der Waals surface area contributed by atoms with Crippen LogP contribution in [-0.2, 0) is 0 Å². The predicted molar refractivity (Wildman–Crippen MR) is 236 cm³/mol. The average Bonchev–Trinajstić information content (AvgIpc) is 3.79. The van der Waals surface area contributed by atoms with Gasteiger partial charge >= 0.3 is 0 Å². The molecule has 0 spiro atoms. The number of pyridine rings is 1. The Bertz CT molecular complexity index is 3480. The second kappa shape index (κ2) is 12.0. The number of fused-ring (bicyclic) bond motifs is 12. The van der Waals surface area contributed by atoms with Crippen LogP contribution in [-0.4, -0.2) is 14.1 Å². The maximum absolute atomic E-state index is 5.05. The Morgan fingerprint density at radius 2 is 0.732 bits per heavy atom. The van der Waals surface area contributed by atoms with E-state index in [1.807, 2.05) is 6.20 Å². The summed E-state index contributed by atoms with van der Waals surface area (Å²) in [7, 11) is 0. The molecule has 0 saturated carbocycles. The molecular formula is C53H33N3. The van der Waals surface area contributed by atoms with Crippen molar-refractivity contribution in [3.63, 3.8) is 0 Å². The van der Waals surface area contributed by atoms with Crippen LogP contribution < -0.4 is 0 Å². The van der Waals surface area contributed by atoms with Crippen molar-refractivity contribution in [2.24, 2.45) is 0 Å². The fraction of sp³-hybridized carbons (Fsp3) is 0. The molecule has 3 nitrogen and oxygen atoms in total. The summed E-state index contributed by atoms with van der Waals surface area (Å²) in [5, 5.41) is 12.6. The summed E-state index contributed by atoms with van der Waals surface area (Å²) >= 11 is 0. The maximum Gasteiger partial charge on any atom is 0.0702 e. The normalized spacial score (nSPS) is 11.9. The van der Waals surface area contributed by atoms with E-state index in [0.29, 0.717) is 0 Å². The molecule has 56 heavy (non-hydrogen) atoms. The Morgan fingerprint density at radius 1 is 0.268 bits per heavy atom. The minimum absolute atomic E-state index is 0.957. The quantitative estimate of drug-likeness (QED) is 0.167. The topological polar surface area (TPSA) is 22.8 Å². The SMILES string of the molecule is c1ccc(-n2c3ccccc3c3cc(-c4ccc(-c5ccc6c(c5)c5ccccc5n6-c5ccc6c7ccccc7c7ccccc7c6c5)nc4)ccc32)cc1. The van der Waals surface area contributed by atoms with E-state index in [-0.39, 0.29) is 0 Å². The Morgan fingerprint density at radius 3 is 1.34 bits per heavy atom. The summed E-state index contributed by atoms with van der Waals surface area (Å²) in [6, 6.07) is 70.5. The van der Waals surface area contributed by atoms with Crippen LogP contribution in [0.15, 0.2) is 200 Å². The number of para-hydroxylation sites is 3. The molecule has 0 saturated heterocycles. The zero-order valence-corrected chi connectivity index (χ0v) is 30.4. The molecule has 0 fully saturated rings. The number of nitrogens with zero attached hydrogens (tertiary/aromatic N) is 3. The van der Waals surface area contributed by atoms with Gasteiger partial charge in [0.15, 0.2) is 0 Å². The maximum atomic E-state index is 5.05. The number of rotatable bonds is 4. The Hall–Kier alpha value is -7.49.